The Morgan fingerprint density at radius 3 is 1.09 bits per heavy atom. The lowest BCUT2D eigenvalue weighted by Gasteiger charge is -2.32. The summed E-state index contributed by atoms with van der Waals surface area (Å²) in [6.45, 7) is 8.29. The molecule has 1 aliphatic heterocycles. The summed E-state index contributed by atoms with van der Waals surface area (Å²) in [5.74, 6) is 0. The van der Waals surface area contributed by atoms with Gasteiger partial charge in [-0.05, 0) is 129 Å². The van der Waals surface area contributed by atoms with Gasteiger partial charge in [0.25, 0.3) is 0 Å². The smallest absolute Gasteiger partial charge is 0.399 e. The molecule has 1 fully saturated rings. The van der Waals surface area contributed by atoms with Crippen molar-refractivity contribution >= 4 is 115 Å². The Morgan fingerprint density at radius 1 is 0.372 bits per heavy atom. The van der Waals surface area contributed by atoms with E-state index in [1.54, 1.807) is 22.7 Å². The molecule has 0 amide bonds. The van der Waals surface area contributed by atoms with E-state index in [2.05, 4.69) is 271 Å². The molecule has 0 unspecified atom stereocenters. The number of hydrogen-bond acceptors (Lipinski definition) is 6. The standard InChI is InChI=1S/C31H20N2S.C19H20BNO2S.C18H12BrN/c1-4-10-28-25(7-1)26-8-2-5-11-29(26)33(28)24-19-17-22(18-20-24)21-13-15-23(16-14-21)31-32-27-9-3-6-12-30(27)34-31;1-18(2)19(3,4)23-20(22-18)14-11-9-13(10-12-14)17-21-15-7-5-6-8-16(15)24-17;19-13-9-11-14(12-10-13)20-17-7-3-1-5-15(17)16-6-2-4-8-18(16)20/h1-20H;5-12H,1-4H3;1-12H. The summed E-state index contributed by atoms with van der Waals surface area (Å²) < 4.78 is 20.4. The Labute approximate surface area is 470 Å². The third-order valence-corrected chi connectivity index (χ3v) is 17.8. The molecule has 10 heteroatoms. The van der Waals surface area contributed by atoms with Gasteiger partial charge in [0.1, 0.15) is 10.0 Å². The van der Waals surface area contributed by atoms with Crippen molar-refractivity contribution in [3.8, 4) is 43.6 Å². The second kappa shape index (κ2) is 20.4. The van der Waals surface area contributed by atoms with Crippen molar-refractivity contribution in [2.24, 2.45) is 0 Å². The number of thiazole rings is 2. The van der Waals surface area contributed by atoms with Crippen LogP contribution in [0.15, 0.2) is 247 Å². The molecule has 5 heterocycles. The van der Waals surface area contributed by atoms with E-state index in [-0.39, 0.29) is 18.3 Å². The van der Waals surface area contributed by atoms with Crippen LogP contribution in [0.3, 0.4) is 0 Å². The summed E-state index contributed by atoms with van der Waals surface area (Å²) >= 11 is 6.95. The van der Waals surface area contributed by atoms with Crippen molar-refractivity contribution in [1.82, 2.24) is 19.1 Å². The van der Waals surface area contributed by atoms with Crippen LogP contribution in [-0.2, 0) is 9.31 Å². The van der Waals surface area contributed by atoms with Gasteiger partial charge in [-0.25, -0.2) is 9.97 Å². The molecule has 0 radical (unpaired) electrons. The van der Waals surface area contributed by atoms with Gasteiger partial charge in [-0.1, -0.05) is 174 Å². The first-order valence-corrected chi connectivity index (χ1v) is 28.6. The average molecular weight is 1110 g/mol. The van der Waals surface area contributed by atoms with Gasteiger partial charge in [0.2, 0.25) is 0 Å². The number of nitrogens with zero attached hydrogens (tertiary/aromatic N) is 4. The molecular weight excluding hydrogens is 1060 g/mol. The van der Waals surface area contributed by atoms with Gasteiger partial charge < -0.3 is 18.4 Å². The highest BCUT2D eigenvalue weighted by atomic mass is 79.9. The van der Waals surface area contributed by atoms with E-state index >= 15 is 0 Å². The summed E-state index contributed by atoms with van der Waals surface area (Å²) in [6.07, 6.45) is 0. The van der Waals surface area contributed by atoms with E-state index in [0.717, 1.165) is 42.1 Å². The normalized spacial score (nSPS) is 13.8. The van der Waals surface area contributed by atoms with Crippen molar-refractivity contribution < 1.29 is 9.31 Å². The van der Waals surface area contributed by atoms with Gasteiger partial charge in [-0.2, -0.15) is 0 Å². The number of benzene rings is 10. The highest BCUT2D eigenvalue weighted by Gasteiger charge is 2.51. The first kappa shape index (κ1) is 49.6. The Kier molecular flexibility index (Phi) is 13.0. The maximum absolute atomic E-state index is 6.11. The van der Waals surface area contributed by atoms with Gasteiger partial charge in [0.15, 0.2) is 0 Å². The lowest BCUT2D eigenvalue weighted by Crippen LogP contribution is -2.41. The fraction of sp³-hybridized carbons (Fsp3) is 0.0882. The van der Waals surface area contributed by atoms with Crippen molar-refractivity contribution in [3.63, 3.8) is 0 Å². The Bertz CT molecular complexity index is 4280. The quantitative estimate of drug-likeness (QED) is 0.156. The van der Waals surface area contributed by atoms with Crippen molar-refractivity contribution in [1.29, 1.82) is 0 Å². The van der Waals surface area contributed by atoms with Crippen molar-refractivity contribution in [2.45, 2.75) is 38.9 Å². The first-order valence-electron chi connectivity index (χ1n) is 26.2. The zero-order valence-corrected chi connectivity index (χ0v) is 46.7. The molecule has 1 aliphatic rings. The van der Waals surface area contributed by atoms with Gasteiger partial charge in [-0.15, -0.1) is 22.7 Å². The Hall–Kier alpha value is -7.96. The van der Waals surface area contributed by atoms with Crippen molar-refractivity contribution in [2.75, 3.05) is 0 Å². The van der Waals surface area contributed by atoms with E-state index in [9.17, 15) is 0 Å². The average Bonchev–Trinajstić information content (AvgIpc) is 4.45. The van der Waals surface area contributed by atoms with Crippen LogP contribution in [0, 0.1) is 0 Å². The maximum Gasteiger partial charge on any atom is 0.494 e. The minimum absolute atomic E-state index is 0.316. The van der Waals surface area contributed by atoms with Gasteiger partial charge >= 0.3 is 7.12 Å². The zero-order valence-electron chi connectivity index (χ0n) is 43.5. The van der Waals surface area contributed by atoms with Crippen LogP contribution in [0.2, 0.25) is 0 Å². The van der Waals surface area contributed by atoms with Gasteiger partial charge in [0, 0.05) is 48.5 Å². The molecular formula is C68H52BBrN4O2S2. The fourth-order valence-electron chi connectivity index (χ4n) is 10.4. The molecule has 0 N–H and O–H groups in total. The summed E-state index contributed by atoms with van der Waals surface area (Å²) in [5.41, 5.74) is 14.5. The third-order valence-electron chi connectivity index (χ3n) is 15.1. The zero-order chi connectivity index (χ0) is 53.0. The molecule has 0 aliphatic carbocycles. The minimum atomic E-state index is -0.320. The minimum Gasteiger partial charge on any atom is -0.399 e. The Balaban J connectivity index is 0.000000116. The summed E-state index contributed by atoms with van der Waals surface area (Å²) in [4.78, 5) is 9.50. The van der Waals surface area contributed by atoms with E-state index in [0.29, 0.717) is 0 Å². The molecule has 10 aromatic carbocycles. The monoisotopic (exact) mass is 1110 g/mol. The molecule has 78 heavy (non-hydrogen) atoms. The van der Waals surface area contributed by atoms with E-state index < -0.39 is 0 Å². The number of fused-ring (bicyclic) bond motifs is 8. The first-order chi connectivity index (χ1) is 38.0. The van der Waals surface area contributed by atoms with Gasteiger partial charge in [0.05, 0.1) is 53.7 Å². The molecule has 14 aromatic rings. The SMILES string of the molecule is Brc1ccc(-n2c3ccccc3c3ccccc32)cc1.CC1(C)OB(c2ccc(-c3nc4ccccc4s3)cc2)OC1(C)C.c1ccc2sc(-c3ccc(-c4ccc(-n5c6ccccc6c6ccccc65)cc4)cc3)nc2c1. The number of aromatic nitrogens is 4. The van der Waals surface area contributed by atoms with Crippen LogP contribution in [-0.4, -0.2) is 37.4 Å². The molecule has 0 spiro atoms. The van der Waals surface area contributed by atoms with E-state index in [1.807, 2.05) is 24.3 Å². The lowest BCUT2D eigenvalue weighted by molar-refractivity contribution is 0.00578. The third kappa shape index (κ3) is 9.33. The van der Waals surface area contributed by atoms with Crippen LogP contribution < -0.4 is 5.46 Å². The number of halogens is 1. The predicted molar refractivity (Wildman–Crippen MR) is 334 cm³/mol. The second-order valence-electron chi connectivity index (χ2n) is 20.5. The van der Waals surface area contributed by atoms with E-state index in [4.69, 9.17) is 19.3 Å². The highest BCUT2D eigenvalue weighted by molar-refractivity contribution is 9.10. The van der Waals surface area contributed by atoms with Crippen LogP contribution >= 0.6 is 38.6 Å². The highest BCUT2D eigenvalue weighted by Crippen LogP contribution is 2.39. The fourth-order valence-corrected chi connectivity index (χ4v) is 12.6. The molecule has 4 aromatic heterocycles. The largest absolute Gasteiger partial charge is 0.494 e. The van der Waals surface area contributed by atoms with Crippen LogP contribution in [0.25, 0.3) is 108 Å². The molecule has 378 valence electrons. The molecule has 15 rings (SSSR count). The van der Waals surface area contributed by atoms with Crippen LogP contribution in [0.5, 0.6) is 0 Å². The topological polar surface area (TPSA) is 54.1 Å². The second-order valence-corrected chi connectivity index (χ2v) is 23.5. The molecule has 0 bridgehead atoms. The predicted octanol–water partition coefficient (Wildman–Crippen LogP) is 18.5. The summed E-state index contributed by atoms with van der Waals surface area (Å²) in [5, 5.41) is 7.27. The molecule has 6 nitrogen and oxygen atoms in total. The van der Waals surface area contributed by atoms with Crippen LogP contribution in [0.4, 0.5) is 0 Å². The van der Waals surface area contributed by atoms with E-state index in [1.165, 1.54) is 75.5 Å². The number of rotatable bonds is 6. The maximum atomic E-state index is 6.11. The molecule has 0 atom stereocenters. The Morgan fingerprint density at radius 2 is 0.692 bits per heavy atom. The number of hydrogen-bond donors (Lipinski definition) is 0. The van der Waals surface area contributed by atoms with Crippen LogP contribution in [0.1, 0.15) is 27.7 Å². The van der Waals surface area contributed by atoms with Crippen molar-refractivity contribution in [3.05, 3.63) is 247 Å². The summed E-state index contributed by atoms with van der Waals surface area (Å²) in [6, 6.07) is 85.3. The molecule has 1 saturated heterocycles. The molecule has 0 saturated carbocycles. The number of para-hydroxylation sites is 6. The summed E-state index contributed by atoms with van der Waals surface area (Å²) in [7, 11) is -0.320. The lowest BCUT2D eigenvalue weighted by atomic mass is 9.79. The van der Waals surface area contributed by atoms with Gasteiger partial charge in [-0.3, -0.25) is 0 Å².